The van der Waals surface area contributed by atoms with E-state index < -0.39 is 12.6 Å². The fourth-order valence-corrected chi connectivity index (χ4v) is 7.73. The van der Waals surface area contributed by atoms with E-state index in [4.69, 9.17) is 0 Å². The summed E-state index contributed by atoms with van der Waals surface area (Å²) in [6.07, 6.45) is 4.01. The lowest BCUT2D eigenvalue weighted by Crippen LogP contribution is -2.51. The Kier molecular flexibility index (Phi) is 5.04. The van der Waals surface area contributed by atoms with Crippen LogP contribution in [0.5, 0.6) is 0 Å². The highest BCUT2D eigenvalue weighted by molar-refractivity contribution is 7.16. The first-order chi connectivity index (χ1) is 17.1. The fourth-order valence-electron chi connectivity index (χ4n) is 6.51. The molecule has 2 aromatic rings. The van der Waals surface area contributed by atoms with E-state index in [1.807, 2.05) is 0 Å². The maximum atomic E-state index is 13.5. The number of aryl methyl sites for hydroxylation is 2. The minimum absolute atomic E-state index is 0.284. The molecule has 0 saturated carbocycles. The van der Waals surface area contributed by atoms with Crippen molar-refractivity contribution in [2.24, 2.45) is 0 Å². The molecule has 0 saturated heterocycles. The van der Waals surface area contributed by atoms with Crippen LogP contribution >= 0.6 is 11.3 Å². The molecule has 4 aliphatic rings. The summed E-state index contributed by atoms with van der Waals surface area (Å²) in [7, 11) is 0. The lowest BCUT2D eigenvalue weighted by Gasteiger charge is -2.51. The van der Waals surface area contributed by atoms with Crippen molar-refractivity contribution in [3.05, 3.63) is 98.9 Å². The molecule has 0 bridgehead atoms. The number of anilines is 1. The summed E-state index contributed by atoms with van der Waals surface area (Å²) >= 11 is 1.27. The van der Waals surface area contributed by atoms with Crippen LogP contribution in [-0.2, 0) is 6.42 Å². The molecule has 0 radical (unpaired) electrons. The second-order valence-electron chi connectivity index (χ2n) is 10.1. The molecule has 0 atom stereocenters. The SMILES string of the molecule is C=C1C2=CCC=C3C2=C2N(C(c4c(C)cccc4C)=CN2C1(CC)CC)c1sc(CC(F)(F)F)cc13. The van der Waals surface area contributed by atoms with Gasteiger partial charge in [0.1, 0.15) is 10.8 Å². The second-order valence-corrected chi connectivity index (χ2v) is 11.2. The van der Waals surface area contributed by atoms with E-state index in [0.29, 0.717) is 4.88 Å². The third-order valence-corrected chi connectivity index (χ3v) is 9.35. The number of alkyl halides is 3. The quantitative estimate of drug-likeness (QED) is 0.409. The molecule has 1 aromatic heterocycles. The Bertz CT molecular complexity index is 1420. The van der Waals surface area contributed by atoms with Crippen LogP contribution in [0.3, 0.4) is 0 Å². The molecule has 1 aromatic carbocycles. The van der Waals surface area contributed by atoms with Crippen molar-refractivity contribution in [2.45, 2.75) is 65.1 Å². The number of rotatable bonds is 4. The van der Waals surface area contributed by atoms with Gasteiger partial charge < -0.3 is 4.90 Å². The summed E-state index contributed by atoms with van der Waals surface area (Å²) in [5.74, 6) is 1.06. The zero-order valence-electron chi connectivity index (χ0n) is 21.0. The van der Waals surface area contributed by atoms with E-state index >= 15 is 0 Å². The van der Waals surface area contributed by atoms with Gasteiger partial charge in [-0.2, -0.15) is 13.2 Å². The fraction of sp³-hybridized carbons (Fsp3) is 0.333. The first kappa shape index (κ1) is 23.4. The van der Waals surface area contributed by atoms with E-state index in [1.54, 1.807) is 6.07 Å². The lowest BCUT2D eigenvalue weighted by atomic mass is 9.70. The predicted octanol–water partition coefficient (Wildman–Crippen LogP) is 8.66. The Hall–Kier alpha value is -2.99. The summed E-state index contributed by atoms with van der Waals surface area (Å²) in [6.45, 7) is 13.2. The lowest BCUT2D eigenvalue weighted by molar-refractivity contribution is -0.126. The van der Waals surface area contributed by atoms with E-state index in [-0.39, 0.29) is 5.54 Å². The molecular weight excluding hydrogens is 477 g/mol. The van der Waals surface area contributed by atoms with Gasteiger partial charge in [0.15, 0.2) is 0 Å². The number of thiophene rings is 1. The van der Waals surface area contributed by atoms with E-state index in [9.17, 15) is 13.2 Å². The number of allylic oxidation sites excluding steroid dienone is 4. The molecule has 4 heterocycles. The molecule has 0 amide bonds. The van der Waals surface area contributed by atoms with Gasteiger partial charge in [-0.3, -0.25) is 4.90 Å². The third-order valence-electron chi connectivity index (χ3n) is 8.22. The van der Waals surface area contributed by atoms with Gasteiger partial charge in [-0.15, -0.1) is 11.3 Å². The number of benzene rings is 1. The standard InChI is InChI=1S/C30H29F3N2S/c1-6-29(7-2)19(5)21-12-9-13-22-23-14-20(15-30(31,32)33)36-28(23)35-24(16-34(29)27(35)26(21)22)25-17(3)10-8-11-18(25)4/h8,10-14,16H,5-7,9,15H2,1-4H3. The van der Waals surface area contributed by atoms with Crippen LogP contribution in [0.2, 0.25) is 0 Å². The Balaban J connectivity index is 1.67. The summed E-state index contributed by atoms with van der Waals surface area (Å²) in [6, 6.07) is 8.03. The van der Waals surface area contributed by atoms with Crippen LogP contribution in [0, 0.1) is 13.8 Å². The summed E-state index contributed by atoms with van der Waals surface area (Å²) in [4.78, 5) is 4.97. The predicted molar refractivity (Wildman–Crippen MR) is 142 cm³/mol. The molecule has 0 unspecified atom stereocenters. The molecule has 6 heteroatoms. The average molecular weight is 507 g/mol. The van der Waals surface area contributed by atoms with Gasteiger partial charge in [-0.1, -0.05) is 50.8 Å². The third kappa shape index (κ3) is 3.03. The normalized spacial score (nSPS) is 19.8. The van der Waals surface area contributed by atoms with Gasteiger partial charge >= 0.3 is 6.18 Å². The minimum Gasteiger partial charge on any atom is -0.321 e. The van der Waals surface area contributed by atoms with Crippen molar-refractivity contribution < 1.29 is 13.2 Å². The van der Waals surface area contributed by atoms with Crippen LogP contribution in [0.1, 0.15) is 60.2 Å². The number of fused-ring (bicyclic) bond motifs is 3. The summed E-state index contributed by atoms with van der Waals surface area (Å²) in [5.41, 5.74) is 9.48. The van der Waals surface area contributed by atoms with Crippen LogP contribution in [0.15, 0.2) is 71.7 Å². The van der Waals surface area contributed by atoms with Gasteiger partial charge in [-0.05, 0) is 67.0 Å². The molecule has 36 heavy (non-hydrogen) atoms. The van der Waals surface area contributed by atoms with Crippen molar-refractivity contribution in [1.82, 2.24) is 4.90 Å². The monoisotopic (exact) mass is 506 g/mol. The molecule has 0 spiro atoms. The van der Waals surface area contributed by atoms with Crippen LogP contribution in [0.25, 0.3) is 11.3 Å². The molecule has 6 rings (SSSR count). The average Bonchev–Trinajstić information content (AvgIpc) is 3.41. The van der Waals surface area contributed by atoms with E-state index in [1.165, 1.54) is 11.3 Å². The Morgan fingerprint density at radius 3 is 2.36 bits per heavy atom. The van der Waals surface area contributed by atoms with Crippen LogP contribution < -0.4 is 4.90 Å². The van der Waals surface area contributed by atoms with Crippen molar-refractivity contribution in [3.63, 3.8) is 0 Å². The van der Waals surface area contributed by atoms with Gasteiger partial charge in [0.05, 0.1) is 17.7 Å². The highest BCUT2D eigenvalue weighted by Gasteiger charge is 2.53. The highest BCUT2D eigenvalue weighted by atomic mass is 32.1. The highest BCUT2D eigenvalue weighted by Crippen LogP contribution is 2.61. The van der Waals surface area contributed by atoms with Crippen LogP contribution in [0.4, 0.5) is 18.2 Å². The van der Waals surface area contributed by atoms with E-state index in [0.717, 1.165) is 80.3 Å². The summed E-state index contributed by atoms with van der Waals surface area (Å²) < 4.78 is 40.4. The maximum Gasteiger partial charge on any atom is 0.393 e. The van der Waals surface area contributed by atoms with E-state index in [2.05, 4.69) is 80.6 Å². The van der Waals surface area contributed by atoms with Crippen LogP contribution in [-0.4, -0.2) is 16.6 Å². The first-order valence-electron chi connectivity index (χ1n) is 12.5. The Morgan fingerprint density at radius 2 is 1.72 bits per heavy atom. The molecule has 0 fully saturated rings. The summed E-state index contributed by atoms with van der Waals surface area (Å²) in [5, 5.41) is 0.880. The largest absolute Gasteiger partial charge is 0.393 e. The Labute approximate surface area is 214 Å². The molecule has 3 aliphatic heterocycles. The molecule has 2 nitrogen and oxygen atoms in total. The number of halogens is 3. The first-order valence-corrected chi connectivity index (χ1v) is 13.4. The van der Waals surface area contributed by atoms with Crippen molar-refractivity contribution >= 4 is 27.6 Å². The van der Waals surface area contributed by atoms with Gasteiger partial charge in [0.2, 0.25) is 0 Å². The van der Waals surface area contributed by atoms with Gasteiger partial charge in [0, 0.05) is 27.8 Å². The number of nitrogens with zero attached hydrogens (tertiary/aromatic N) is 2. The Morgan fingerprint density at radius 1 is 1.06 bits per heavy atom. The molecule has 186 valence electrons. The molecule has 0 N–H and O–H groups in total. The van der Waals surface area contributed by atoms with Gasteiger partial charge in [0.25, 0.3) is 0 Å². The topological polar surface area (TPSA) is 6.48 Å². The molecular formula is C30H29F3N2S. The zero-order valence-corrected chi connectivity index (χ0v) is 21.8. The minimum atomic E-state index is -4.25. The molecule has 1 aliphatic carbocycles. The second kappa shape index (κ2) is 7.75. The van der Waals surface area contributed by atoms with Crippen molar-refractivity contribution in [2.75, 3.05) is 4.90 Å². The maximum absolute atomic E-state index is 13.5. The van der Waals surface area contributed by atoms with Crippen molar-refractivity contribution in [1.29, 1.82) is 0 Å². The number of hydrogen-bond donors (Lipinski definition) is 0. The van der Waals surface area contributed by atoms with Crippen molar-refractivity contribution in [3.8, 4) is 0 Å². The van der Waals surface area contributed by atoms with Gasteiger partial charge in [-0.25, -0.2) is 0 Å². The smallest absolute Gasteiger partial charge is 0.321 e. The zero-order chi connectivity index (χ0) is 25.6. The number of hydrogen-bond acceptors (Lipinski definition) is 3.